The first kappa shape index (κ1) is 15.8. The molecule has 4 nitrogen and oxygen atoms in total. The van der Waals surface area contributed by atoms with E-state index >= 15 is 0 Å². The molecule has 0 bridgehead atoms. The predicted molar refractivity (Wildman–Crippen MR) is 84.9 cm³/mol. The highest BCUT2D eigenvalue weighted by molar-refractivity contribution is 5.95. The van der Waals surface area contributed by atoms with Crippen molar-refractivity contribution >= 4 is 11.7 Å². The molecule has 0 atom stereocenters. The summed E-state index contributed by atoms with van der Waals surface area (Å²) < 4.78 is 0. The van der Waals surface area contributed by atoms with E-state index < -0.39 is 5.97 Å². The zero-order valence-corrected chi connectivity index (χ0v) is 13.3. The maximum absolute atomic E-state index is 11.4. The van der Waals surface area contributed by atoms with E-state index in [4.69, 9.17) is 0 Å². The Kier molecular flexibility index (Phi) is 5.21. The molecule has 1 aliphatic rings. The van der Waals surface area contributed by atoms with Crippen LogP contribution < -0.4 is 5.32 Å². The van der Waals surface area contributed by atoms with E-state index in [0.29, 0.717) is 22.9 Å². The summed E-state index contributed by atoms with van der Waals surface area (Å²) in [5.74, 6) is 0.640. The number of pyridine rings is 1. The largest absolute Gasteiger partial charge is 0.478 e. The van der Waals surface area contributed by atoms with Crippen LogP contribution >= 0.6 is 0 Å². The van der Waals surface area contributed by atoms with Crippen LogP contribution in [0.4, 0.5) is 5.69 Å². The zero-order chi connectivity index (χ0) is 15.4. The van der Waals surface area contributed by atoms with E-state index in [2.05, 4.69) is 17.2 Å². The average molecular weight is 290 g/mol. The number of aromatic carboxylic acids is 1. The lowest BCUT2D eigenvalue weighted by molar-refractivity contribution is 0.0696. The third-order valence-corrected chi connectivity index (χ3v) is 4.67. The third-order valence-electron chi connectivity index (χ3n) is 4.67. The van der Waals surface area contributed by atoms with E-state index in [1.54, 1.807) is 6.92 Å². The number of hydrogen-bond donors (Lipinski definition) is 2. The van der Waals surface area contributed by atoms with Gasteiger partial charge in [-0.05, 0) is 44.6 Å². The van der Waals surface area contributed by atoms with Crippen LogP contribution in [0.15, 0.2) is 6.07 Å². The van der Waals surface area contributed by atoms with Crippen molar-refractivity contribution in [3.8, 4) is 0 Å². The summed E-state index contributed by atoms with van der Waals surface area (Å²) in [6.45, 7) is 6.79. The summed E-state index contributed by atoms with van der Waals surface area (Å²) in [5, 5.41) is 12.7. The van der Waals surface area contributed by atoms with Crippen LogP contribution in [0, 0.1) is 25.7 Å². The molecular formula is C17H26N2O2. The normalized spacial score (nSPS) is 22.0. The smallest absolute Gasteiger partial charge is 0.339 e. The summed E-state index contributed by atoms with van der Waals surface area (Å²) >= 11 is 0. The van der Waals surface area contributed by atoms with E-state index in [1.807, 2.05) is 13.0 Å². The summed E-state index contributed by atoms with van der Waals surface area (Å²) in [4.78, 5) is 15.7. The van der Waals surface area contributed by atoms with E-state index in [-0.39, 0.29) is 0 Å². The molecule has 1 fully saturated rings. The molecule has 1 aliphatic carbocycles. The van der Waals surface area contributed by atoms with Gasteiger partial charge in [0.05, 0.1) is 11.4 Å². The number of anilines is 1. The SMILES string of the molecule is CCC1CCC(CNc2cc(C)nc(C)c2C(=O)O)CC1. The fourth-order valence-electron chi connectivity index (χ4n) is 3.34. The van der Waals surface area contributed by atoms with Crippen molar-refractivity contribution in [1.29, 1.82) is 0 Å². The van der Waals surface area contributed by atoms with Crippen molar-refractivity contribution in [1.82, 2.24) is 4.98 Å². The Balaban J connectivity index is 2.02. The minimum atomic E-state index is -0.905. The van der Waals surface area contributed by atoms with Crippen molar-refractivity contribution in [2.24, 2.45) is 11.8 Å². The summed E-state index contributed by atoms with van der Waals surface area (Å²) in [6, 6.07) is 1.84. The molecule has 1 aromatic heterocycles. The average Bonchev–Trinajstić information content (AvgIpc) is 2.44. The van der Waals surface area contributed by atoms with Gasteiger partial charge in [-0.25, -0.2) is 4.79 Å². The van der Waals surface area contributed by atoms with Crippen LogP contribution in [-0.4, -0.2) is 22.6 Å². The fraction of sp³-hybridized carbons (Fsp3) is 0.647. The second-order valence-corrected chi connectivity index (χ2v) is 6.25. The monoisotopic (exact) mass is 290 g/mol. The standard InChI is InChI=1S/C17H26N2O2/c1-4-13-5-7-14(8-6-13)10-18-15-9-11(2)19-12(3)16(15)17(20)21/h9,13-14H,4-8,10H2,1-3H3,(H,18,19)(H,20,21). The Bertz CT molecular complexity index is 506. The van der Waals surface area contributed by atoms with Crippen LogP contribution in [0.1, 0.15) is 60.8 Å². The molecule has 21 heavy (non-hydrogen) atoms. The molecule has 1 aromatic rings. The molecule has 0 saturated heterocycles. The van der Waals surface area contributed by atoms with Gasteiger partial charge in [0.2, 0.25) is 0 Å². The zero-order valence-electron chi connectivity index (χ0n) is 13.3. The number of nitrogens with zero attached hydrogens (tertiary/aromatic N) is 1. The number of nitrogens with one attached hydrogen (secondary N) is 1. The lowest BCUT2D eigenvalue weighted by atomic mass is 9.81. The van der Waals surface area contributed by atoms with E-state index in [9.17, 15) is 9.90 Å². The Labute approximate surface area is 127 Å². The third kappa shape index (κ3) is 3.96. The molecule has 0 unspecified atom stereocenters. The van der Waals surface area contributed by atoms with Gasteiger partial charge in [-0.15, -0.1) is 0 Å². The number of carboxylic acid groups (broad SMARTS) is 1. The molecule has 1 saturated carbocycles. The van der Waals surface area contributed by atoms with Crippen molar-refractivity contribution in [3.63, 3.8) is 0 Å². The lowest BCUT2D eigenvalue weighted by Gasteiger charge is -2.28. The van der Waals surface area contributed by atoms with E-state index in [1.165, 1.54) is 32.1 Å². The van der Waals surface area contributed by atoms with Gasteiger partial charge in [0, 0.05) is 12.2 Å². The first-order valence-electron chi connectivity index (χ1n) is 7.96. The van der Waals surface area contributed by atoms with Crippen LogP contribution in [0.25, 0.3) is 0 Å². The lowest BCUT2D eigenvalue weighted by Crippen LogP contribution is -2.22. The molecule has 4 heteroatoms. The number of aryl methyl sites for hydroxylation is 2. The maximum Gasteiger partial charge on any atom is 0.339 e. The quantitative estimate of drug-likeness (QED) is 0.859. The highest BCUT2D eigenvalue weighted by Crippen LogP contribution is 2.31. The van der Waals surface area contributed by atoms with Crippen LogP contribution in [0.5, 0.6) is 0 Å². The molecule has 0 aromatic carbocycles. The number of aromatic nitrogens is 1. The Morgan fingerprint density at radius 3 is 2.48 bits per heavy atom. The highest BCUT2D eigenvalue weighted by atomic mass is 16.4. The first-order valence-corrected chi connectivity index (χ1v) is 7.96. The number of hydrogen-bond acceptors (Lipinski definition) is 3. The second kappa shape index (κ2) is 6.92. The van der Waals surface area contributed by atoms with Gasteiger partial charge in [-0.3, -0.25) is 4.98 Å². The fourth-order valence-corrected chi connectivity index (χ4v) is 3.34. The van der Waals surface area contributed by atoms with Gasteiger partial charge in [0.1, 0.15) is 5.56 Å². The summed E-state index contributed by atoms with van der Waals surface area (Å²) in [6.07, 6.45) is 6.39. The first-order chi connectivity index (χ1) is 10.0. The molecule has 1 heterocycles. The summed E-state index contributed by atoms with van der Waals surface area (Å²) in [7, 11) is 0. The molecule has 116 valence electrons. The summed E-state index contributed by atoms with van der Waals surface area (Å²) in [5.41, 5.74) is 2.46. The number of carbonyl (C=O) groups is 1. The van der Waals surface area contributed by atoms with Crippen LogP contribution in [0.3, 0.4) is 0 Å². The number of carboxylic acids is 1. The molecule has 0 aliphatic heterocycles. The number of rotatable bonds is 5. The van der Waals surface area contributed by atoms with Gasteiger partial charge >= 0.3 is 5.97 Å². The molecule has 0 spiro atoms. The van der Waals surface area contributed by atoms with Gasteiger partial charge < -0.3 is 10.4 Å². The van der Waals surface area contributed by atoms with Crippen LogP contribution in [-0.2, 0) is 0 Å². The molecular weight excluding hydrogens is 264 g/mol. The second-order valence-electron chi connectivity index (χ2n) is 6.25. The Morgan fingerprint density at radius 2 is 1.90 bits per heavy atom. The molecule has 2 rings (SSSR count). The minimum Gasteiger partial charge on any atom is -0.478 e. The molecule has 2 N–H and O–H groups in total. The van der Waals surface area contributed by atoms with Crippen molar-refractivity contribution < 1.29 is 9.90 Å². The Hall–Kier alpha value is -1.58. The molecule has 0 radical (unpaired) electrons. The Morgan fingerprint density at radius 1 is 1.29 bits per heavy atom. The van der Waals surface area contributed by atoms with Gasteiger partial charge in [0.15, 0.2) is 0 Å². The topological polar surface area (TPSA) is 62.2 Å². The van der Waals surface area contributed by atoms with Crippen molar-refractivity contribution in [2.45, 2.75) is 52.9 Å². The van der Waals surface area contributed by atoms with Gasteiger partial charge in [0.25, 0.3) is 0 Å². The van der Waals surface area contributed by atoms with Crippen LogP contribution in [0.2, 0.25) is 0 Å². The molecule has 0 amide bonds. The highest BCUT2D eigenvalue weighted by Gasteiger charge is 2.21. The van der Waals surface area contributed by atoms with Crippen molar-refractivity contribution in [3.05, 3.63) is 23.0 Å². The van der Waals surface area contributed by atoms with Crippen molar-refractivity contribution in [2.75, 3.05) is 11.9 Å². The predicted octanol–water partition coefficient (Wildman–Crippen LogP) is 4.02. The van der Waals surface area contributed by atoms with Gasteiger partial charge in [-0.1, -0.05) is 26.2 Å². The van der Waals surface area contributed by atoms with E-state index in [0.717, 1.165) is 18.2 Å². The van der Waals surface area contributed by atoms with Gasteiger partial charge in [-0.2, -0.15) is 0 Å². The minimum absolute atomic E-state index is 0.308. The maximum atomic E-state index is 11.4.